The van der Waals surface area contributed by atoms with Crippen LogP contribution in [0.2, 0.25) is 0 Å². The molecule has 1 fully saturated rings. The Bertz CT molecular complexity index is 411. The predicted molar refractivity (Wildman–Crippen MR) is 65.6 cm³/mol. The maximum Gasteiger partial charge on any atom is 0.335 e. The van der Waals surface area contributed by atoms with Crippen LogP contribution in [0.3, 0.4) is 0 Å². The summed E-state index contributed by atoms with van der Waals surface area (Å²) in [5.41, 5.74) is 2.07. The van der Waals surface area contributed by atoms with E-state index in [1.807, 2.05) is 6.07 Å². The number of carboxylic acids is 1. The van der Waals surface area contributed by atoms with E-state index in [2.05, 4.69) is 5.32 Å². The normalized spacial score (nSPS) is 19.2. The Morgan fingerprint density at radius 2 is 2.41 bits per heavy atom. The fourth-order valence-corrected chi connectivity index (χ4v) is 2.05. The number of anilines is 1. The van der Waals surface area contributed by atoms with E-state index in [4.69, 9.17) is 9.84 Å². The highest BCUT2D eigenvalue weighted by Gasteiger charge is 2.15. The van der Waals surface area contributed by atoms with Crippen LogP contribution in [0.1, 0.15) is 28.8 Å². The van der Waals surface area contributed by atoms with Gasteiger partial charge in [0, 0.05) is 18.8 Å². The Kier molecular flexibility index (Phi) is 3.64. The van der Waals surface area contributed by atoms with Crippen molar-refractivity contribution in [2.75, 3.05) is 18.5 Å². The highest BCUT2D eigenvalue weighted by molar-refractivity contribution is 5.89. The van der Waals surface area contributed by atoms with Crippen molar-refractivity contribution in [2.24, 2.45) is 0 Å². The van der Waals surface area contributed by atoms with Crippen LogP contribution < -0.4 is 5.32 Å². The van der Waals surface area contributed by atoms with Gasteiger partial charge in [-0.1, -0.05) is 0 Å². The van der Waals surface area contributed by atoms with Gasteiger partial charge in [-0.15, -0.1) is 0 Å². The van der Waals surface area contributed by atoms with Crippen molar-refractivity contribution in [3.05, 3.63) is 29.3 Å². The summed E-state index contributed by atoms with van der Waals surface area (Å²) < 4.78 is 5.51. The molecule has 1 aliphatic heterocycles. The Morgan fingerprint density at radius 3 is 3.00 bits per heavy atom. The molecule has 1 aromatic rings. The van der Waals surface area contributed by atoms with Gasteiger partial charge in [-0.2, -0.15) is 0 Å². The molecule has 0 aliphatic carbocycles. The van der Waals surface area contributed by atoms with Crippen LogP contribution in [0.5, 0.6) is 0 Å². The number of ether oxygens (including phenoxy) is 1. The zero-order chi connectivity index (χ0) is 12.3. The van der Waals surface area contributed by atoms with Crippen molar-refractivity contribution in [3.63, 3.8) is 0 Å². The number of aromatic carboxylic acids is 1. The van der Waals surface area contributed by atoms with Crippen LogP contribution in [0.25, 0.3) is 0 Å². The van der Waals surface area contributed by atoms with Gasteiger partial charge in [0.2, 0.25) is 0 Å². The average Bonchev–Trinajstić information content (AvgIpc) is 2.78. The first-order valence-corrected chi connectivity index (χ1v) is 5.86. The van der Waals surface area contributed by atoms with Crippen molar-refractivity contribution in [3.8, 4) is 0 Å². The number of hydrogen-bond donors (Lipinski definition) is 2. The minimum atomic E-state index is -0.881. The zero-order valence-corrected chi connectivity index (χ0v) is 9.90. The van der Waals surface area contributed by atoms with E-state index in [1.54, 1.807) is 19.1 Å². The molecule has 1 unspecified atom stereocenters. The van der Waals surface area contributed by atoms with Crippen LogP contribution in [-0.4, -0.2) is 30.3 Å². The van der Waals surface area contributed by atoms with E-state index in [0.29, 0.717) is 5.56 Å². The molecule has 1 heterocycles. The molecular formula is C13H17NO3. The van der Waals surface area contributed by atoms with E-state index in [-0.39, 0.29) is 6.10 Å². The maximum atomic E-state index is 10.9. The van der Waals surface area contributed by atoms with Gasteiger partial charge >= 0.3 is 5.97 Å². The molecule has 1 saturated heterocycles. The molecule has 2 rings (SSSR count). The number of carbonyl (C=O) groups is 1. The summed E-state index contributed by atoms with van der Waals surface area (Å²) in [6, 6.07) is 5.29. The van der Waals surface area contributed by atoms with Crippen LogP contribution in [0, 0.1) is 6.92 Å². The largest absolute Gasteiger partial charge is 0.478 e. The maximum absolute atomic E-state index is 10.9. The van der Waals surface area contributed by atoms with E-state index in [1.165, 1.54) is 0 Å². The molecule has 92 valence electrons. The number of hydrogen-bond acceptors (Lipinski definition) is 3. The van der Waals surface area contributed by atoms with Gasteiger partial charge in [-0.25, -0.2) is 4.79 Å². The second kappa shape index (κ2) is 5.19. The van der Waals surface area contributed by atoms with Crippen LogP contribution in [0.4, 0.5) is 5.69 Å². The first-order valence-electron chi connectivity index (χ1n) is 5.86. The fourth-order valence-electron chi connectivity index (χ4n) is 2.05. The SMILES string of the molecule is Cc1cc(NCC2CCCO2)ccc1C(=O)O. The van der Waals surface area contributed by atoms with Gasteiger partial charge in [0.1, 0.15) is 0 Å². The minimum Gasteiger partial charge on any atom is -0.478 e. The third-order valence-electron chi connectivity index (χ3n) is 3.01. The topological polar surface area (TPSA) is 58.6 Å². The summed E-state index contributed by atoms with van der Waals surface area (Å²) in [6.45, 7) is 3.44. The van der Waals surface area contributed by atoms with Gasteiger partial charge in [-0.05, 0) is 43.5 Å². The quantitative estimate of drug-likeness (QED) is 0.840. The van der Waals surface area contributed by atoms with Crippen molar-refractivity contribution in [2.45, 2.75) is 25.9 Å². The Hall–Kier alpha value is -1.55. The van der Waals surface area contributed by atoms with Gasteiger partial charge in [0.25, 0.3) is 0 Å². The summed E-state index contributed by atoms with van der Waals surface area (Å²) >= 11 is 0. The molecule has 0 saturated carbocycles. The van der Waals surface area contributed by atoms with Crippen molar-refractivity contribution in [1.29, 1.82) is 0 Å². The number of nitrogens with one attached hydrogen (secondary N) is 1. The Labute approximate surface area is 101 Å². The molecule has 4 heteroatoms. The summed E-state index contributed by atoms with van der Waals surface area (Å²) in [7, 11) is 0. The summed E-state index contributed by atoms with van der Waals surface area (Å²) in [6.07, 6.45) is 2.51. The lowest BCUT2D eigenvalue weighted by molar-refractivity contribution is 0.0696. The lowest BCUT2D eigenvalue weighted by Gasteiger charge is -2.12. The molecule has 0 aromatic heterocycles. The Morgan fingerprint density at radius 1 is 1.59 bits per heavy atom. The van der Waals surface area contributed by atoms with Crippen molar-refractivity contribution in [1.82, 2.24) is 0 Å². The monoisotopic (exact) mass is 235 g/mol. The molecule has 0 amide bonds. The van der Waals surface area contributed by atoms with Crippen molar-refractivity contribution >= 4 is 11.7 Å². The molecule has 17 heavy (non-hydrogen) atoms. The molecule has 1 aromatic carbocycles. The number of benzene rings is 1. The molecule has 2 N–H and O–H groups in total. The lowest BCUT2D eigenvalue weighted by Crippen LogP contribution is -2.18. The number of rotatable bonds is 4. The highest BCUT2D eigenvalue weighted by Crippen LogP contribution is 2.17. The molecular weight excluding hydrogens is 218 g/mol. The van der Waals surface area contributed by atoms with E-state index in [0.717, 1.165) is 37.2 Å². The highest BCUT2D eigenvalue weighted by atomic mass is 16.5. The van der Waals surface area contributed by atoms with E-state index >= 15 is 0 Å². The first-order chi connectivity index (χ1) is 8.16. The number of aryl methyl sites for hydroxylation is 1. The molecule has 1 aliphatic rings. The van der Waals surface area contributed by atoms with Gasteiger partial charge in [0.15, 0.2) is 0 Å². The molecule has 0 bridgehead atoms. The third kappa shape index (κ3) is 2.97. The van der Waals surface area contributed by atoms with E-state index < -0.39 is 5.97 Å². The average molecular weight is 235 g/mol. The third-order valence-corrected chi connectivity index (χ3v) is 3.01. The van der Waals surface area contributed by atoms with Crippen LogP contribution in [-0.2, 0) is 4.74 Å². The second-order valence-electron chi connectivity index (χ2n) is 4.35. The number of carboxylic acid groups (broad SMARTS) is 1. The summed E-state index contributed by atoms with van der Waals surface area (Å²) in [5, 5.41) is 12.2. The van der Waals surface area contributed by atoms with Crippen molar-refractivity contribution < 1.29 is 14.6 Å². The predicted octanol–water partition coefficient (Wildman–Crippen LogP) is 2.28. The van der Waals surface area contributed by atoms with Gasteiger partial charge in [0.05, 0.1) is 11.7 Å². The fraction of sp³-hybridized carbons (Fsp3) is 0.462. The van der Waals surface area contributed by atoms with Crippen LogP contribution >= 0.6 is 0 Å². The van der Waals surface area contributed by atoms with E-state index in [9.17, 15) is 4.79 Å². The Balaban J connectivity index is 1.97. The standard InChI is InChI=1S/C13H17NO3/c1-9-7-10(4-5-12(9)13(15)16)14-8-11-3-2-6-17-11/h4-5,7,11,14H,2-3,6,8H2,1H3,(H,15,16). The molecule has 0 spiro atoms. The molecule has 0 radical (unpaired) electrons. The minimum absolute atomic E-state index is 0.287. The van der Waals surface area contributed by atoms with Gasteiger partial charge in [-0.3, -0.25) is 0 Å². The lowest BCUT2D eigenvalue weighted by atomic mass is 10.1. The second-order valence-corrected chi connectivity index (χ2v) is 4.35. The smallest absolute Gasteiger partial charge is 0.335 e. The molecule has 4 nitrogen and oxygen atoms in total. The zero-order valence-electron chi connectivity index (χ0n) is 9.90. The van der Waals surface area contributed by atoms with Crippen LogP contribution in [0.15, 0.2) is 18.2 Å². The molecule has 1 atom stereocenters. The summed E-state index contributed by atoms with van der Waals surface area (Å²) in [5.74, 6) is -0.881. The van der Waals surface area contributed by atoms with Gasteiger partial charge < -0.3 is 15.2 Å². The summed E-state index contributed by atoms with van der Waals surface area (Å²) in [4.78, 5) is 10.9. The first kappa shape index (κ1) is 11.9.